The highest BCUT2D eigenvalue weighted by molar-refractivity contribution is 7.17. The van der Waals surface area contributed by atoms with Crippen molar-refractivity contribution in [1.29, 1.82) is 0 Å². The van der Waals surface area contributed by atoms with Crippen molar-refractivity contribution in [2.45, 2.75) is 38.8 Å². The fourth-order valence-electron chi connectivity index (χ4n) is 3.88. The number of aryl methyl sites for hydroxylation is 2. The monoisotopic (exact) mass is 425 g/mol. The third-order valence-electron chi connectivity index (χ3n) is 5.54. The molecule has 3 heterocycles. The fourth-order valence-corrected chi connectivity index (χ4v) is 4.78. The van der Waals surface area contributed by atoms with Gasteiger partial charge in [0, 0.05) is 30.5 Å². The van der Waals surface area contributed by atoms with E-state index in [1.807, 2.05) is 36.6 Å². The first-order valence-corrected chi connectivity index (χ1v) is 10.8. The first-order valence-electron chi connectivity index (χ1n) is 9.90. The summed E-state index contributed by atoms with van der Waals surface area (Å²) < 4.78 is 6.28. The van der Waals surface area contributed by atoms with Gasteiger partial charge in [0.2, 0.25) is 5.91 Å². The van der Waals surface area contributed by atoms with Crippen molar-refractivity contribution >= 4 is 33.4 Å². The average molecular weight is 426 g/mol. The second kappa shape index (κ2) is 8.39. The maximum Gasteiger partial charge on any atom is 0.328 e. The number of methoxy groups -OCH3 is 1. The van der Waals surface area contributed by atoms with Crippen molar-refractivity contribution in [3.8, 4) is 11.1 Å². The predicted octanol–water partition coefficient (Wildman–Crippen LogP) is 2.99. The number of rotatable bonds is 5. The smallest absolute Gasteiger partial charge is 0.328 e. The van der Waals surface area contributed by atoms with Crippen molar-refractivity contribution in [2.75, 3.05) is 13.7 Å². The lowest BCUT2D eigenvalue weighted by Crippen LogP contribution is -2.41. The van der Waals surface area contributed by atoms with Crippen LogP contribution >= 0.6 is 11.3 Å². The molecule has 0 saturated carbocycles. The van der Waals surface area contributed by atoms with E-state index in [9.17, 15) is 14.4 Å². The van der Waals surface area contributed by atoms with Crippen LogP contribution in [0.5, 0.6) is 0 Å². The Kier molecular flexibility index (Phi) is 5.67. The number of ether oxygens (including phenoxy) is 1. The zero-order valence-electron chi connectivity index (χ0n) is 17.0. The summed E-state index contributed by atoms with van der Waals surface area (Å²) in [5, 5.41) is 2.53. The van der Waals surface area contributed by atoms with Gasteiger partial charge in [-0.3, -0.25) is 14.2 Å². The summed E-state index contributed by atoms with van der Waals surface area (Å²) in [5.41, 5.74) is 2.83. The normalized spacial score (nSPS) is 16.2. The second-order valence-electron chi connectivity index (χ2n) is 7.46. The number of thiophene rings is 1. The van der Waals surface area contributed by atoms with Crippen molar-refractivity contribution in [2.24, 2.45) is 0 Å². The molecule has 156 valence electrons. The summed E-state index contributed by atoms with van der Waals surface area (Å²) in [6.07, 6.45) is 3.01. The highest BCUT2D eigenvalue weighted by Gasteiger charge is 2.34. The lowest BCUT2D eigenvalue weighted by atomic mass is 10.1. The molecule has 1 aromatic carbocycles. The van der Waals surface area contributed by atoms with E-state index in [4.69, 9.17) is 4.74 Å². The summed E-state index contributed by atoms with van der Waals surface area (Å²) in [4.78, 5) is 44.4. The van der Waals surface area contributed by atoms with E-state index in [2.05, 4.69) is 4.98 Å². The van der Waals surface area contributed by atoms with E-state index in [1.165, 1.54) is 29.3 Å². The minimum absolute atomic E-state index is 0.130. The average Bonchev–Trinajstić information content (AvgIpc) is 3.41. The number of hydrogen-bond donors (Lipinski definition) is 0. The molecule has 30 heavy (non-hydrogen) atoms. The molecule has 0 aliphatic carbocycles. The zero-order chi connectivity index (χ0) is 21.3. The largest absolute Gasteiger partial charge is 0.467 e. The third-order valence-corrected chi connectivity index (χ3v) is 6.42. The lowest BCUT2D eigenvalue weighted by molar-refractivity contribution is -0.151. The first kappa shape index (κ1) is 20.3. The summed E-state index contributed by atoms with van der Waals surface area (Å²) in [7, 11) is 1.33. The van der Waals surface area contributed by atoms with Crippen LogP contribution in [0.2, 0.25) is 0 Å². The molecule has 7 nitrogen and oxygen atoms in total. The molecule has 1 amide bonds. The van der Waals surface area contributed by atoms with Gasteiger partial charge in [-0.25, -0.2) is 9.78 Å². The molecule has 1 saturated heterocycles. The van der Waals surface area contributed by atoms with Crippen LogP contribution in [0.3, 0.4) is 0 Å². The van der Waals surface area contributed by atoms with Crippen LogP contribution in [0.4, 0.5) is 0 Å². The molecule has 1 unspecified atom stereocenters. The minimum atomic E-state index is -0.523. The SMILES string of the molecule is COC(=O)C1CCCN1C(=O)CCn1cnc2scc(-c3ccc(C)cc3)c2c1=O. The van der Waals surface area contributed by atoms with Gasteiger partial charge < -0.3 is 9.64 Å². The third kappa shape index (κ3) is 3.75. The van der Waals surface area contributed by atoms with Crippen LogP contribution in [-0.4, -0.2) is 46.0 Å². The van der Waals surface area contributed by atoms with Crippen molar-refractivity contribution < 1.29 is 14.3 Å². The van der Waals surface area contributed by atoms with Crippen molar-refractivity contribution in [3.63, 3.8) is 0 Å². The Hall–Kier alpha value is -3.00. The van der Waals surface area contributed by atoms with Gasteiger partial charge in [-0.05, 0) is 25.3 Å². The lowest BCUT2D eigenvalue weighted by Gasteiger charge is -2.22. The zero-order valence-corrected chi connectivity index (χ0v) is 17.8. The second-order valence-corrected chi connectivity index (χ2v) is 8.32. The van der Waals surface area contributed by atoms with Gasteiger partial charge in [0.15, 0.2) is 0 Å². The number of carbonyl (C=O) groups excluding carboxylic acids is 2. The van der Waals surface area contributed by atoms with Gasteiger partial charge in [-0.1, -0.05) is 29.8 Å². The quantitative estimate of drug-likeness (QED) is 0.587. The minimum Gasteiger partial charge on any atom is -0.467 e. The number of esters is 1. The van der Waals surface area contributed by atoms with Crippen molar-refractivity contribution in [3.05, 3.63) is 51.9 Å². The Morgan fingerprint density at radius 1 is 1.27 bits per heavy atom. The highest BCUT2D eigenvalue weighted by atomic mass is 32.1. The van der Waals surface area contributed by atoms with Crippen LogP contribution in [-0.2, 0) is 20.9 Å². The number of likely N-dealkylation sites (tertiary alicyclic amines) is 1. The summed E-state index contributed by atoms with van der Waals surface area (Å²) in [5.74, 6) is -0.541. The van der Waals surface area contributed by atoms with E-state index in [0.717, 1.165) is 23.1 Å². The topological polar surface area (TPSA) is 81.5 Å². The number of fused-ring (bicyclic) bond motifs is 1. The van der Waals surface area contributed by atoms with Gasteiger partial charge in [0.05, 0.1) is 18.8 Å². The van der Waals surface area contributed by atoms with E-state index >= 15 is 0 Å². The number of carbonyl (C=O) groups is 2. The maximum atomic E-state index is 13.1. The number of nitrogens with zero attached hydrogens (tertiary/aromatic N) is 3. The summed E-state index contributed by atoms with van der Waals surface area (Å²) in [6, 6.07) is 7.50. The summed E-state index contributed by atoms with van der Waals surface area (Å²) >= 11 is 1.44. The molecule has 1 aliphatic heterocycles. The summed E-state index contributed by atoms with van der Waals surface area (Å²) in [6.45, 7) is 2.77. The Labute approximate surface area is 177 Å². The van der Waals surface area contributed by atoms with Crippen molar-refractivity contribution in [1.82, 2.24) is 14.5 Å². The highest BCUT2D eigenvalue weighted by Crippen LogP contribution is 2.30. The van der Waals surface area contributed by atoms with Crippen LogP contribution in [0, 0.1) is 6.92 Å². The van der Waals surface area contributed by atoms with Gasteiger partial charge in [-0.2, -0.15) is 0 Å². The molecule has 0 radical (unpaired) electrons. The number of aromatic nitrogens is 2. The number of amides is 1. The Bertz CT molecular complexity index is 1150. The van der Waals surface area contributed by atoms with Gasteiger partial charge in [-0.15, -0.1) is 11.3 Å². The van der Waals surface area contributed by atoms with Crippen LogP contribution in [0.15, 0.2) is 40.8 Å². The van der Waals surface area contributed by atoms with E-state index in [1.54, 1.807) is 4.90 Å². The van der Waals surface area contributed by atoms with E-state index in [0.29, 0.717) is 23.2 Å². The number of benzene rings is 1. The van der Waals surface area contributed by atoms with E-state index < -0.39 is 6.04 Å². The molecule has 2 aromatic heterocycles. The number of hydrogen-bond acceptors (Lipinski definition) is 6. The molecular formula is C22H23N3O4S. The standard InChI is InChI=1S/C22H23N3O4S/c1-14-5-7-15(8-6-14)16-12-30-20-19(16)21(27)24(13-23-20)11-9-18(26)25-10-3-4-17(25)22(28)29-2/h5-8,12-13,17H,3-4,9-11H2,1-2H3. The van der Waals surface area contributed by atoms with Gasteiger partial charge in [0.1, 0.15) is 10.9 Å². The molecule has 1 fully saturated rings. The molecule has 0 spiro atoms. The maximum absolute atomic E-state index is 13.1. The molecule has 0 N–H and O–H groups in total. The molecule has 8 heteroatoms. The van der Waals surface area contributed by atoms with Crippen LogP contribution in [0.25, 0.3) is 21.3 Å². The Balaban J connectivity index is 1.56. The Morgan fingerprint density at radius 2 is 2.03 bits per heavy atom. The van der Waals surface area contributed by atoms with E-state index in [-0.39, 0.29) is 30.4 Å². The Morgan fingerprint density at radius 3 is 2.77 bits per heavy atom. The molecule has 0 bridgehead atoms. The molecular weight excluding hydrogens is 402 g/mol. The van der Waals surface area contributed by atoms with Gasteiger partial charge in [0.25, 0.3) is 5.56 Å². The van der Waals surface area contributed by atoms with Gasteiger partial charge >= 0.3 is 5.97 Å². The predicted molar refractivity (Wildman–Crippen MR) is 115 cm³/mol. The van der Waals surface area contributed by atoms with Crippen LogP contribution in [0.1, 0.15) is 24.8 Å². The van der Waals surface area contributed by atoms with Crippen LogP contribution < -0.4 is 5.56 Å². The molecule has 3 aromatic rings. The molecule has 4 rings (SSSR count). The molecule has 1 aliphatic rings. The fraction of sp³-hybridized carbons (Fsp3) is 0.364. The first-order chi connectivity index (χ1) is 14.5. The molecule has 1 atom stereocenters.